The van der Waals surface area contributed by atoms with Crippen LogP contribution in [0.15, 0.2) is 36.4 Å². The molecule has 22 heavy (non-hydrogen) atoms. The van der Waals surface area contributed by atoms with Crippen LogP contribution in [-0.2, 0) is 11.3 Å². The Balaban J connectivity index is 1.86. The summed E-state index contributed by atoms with van der Waals surface area (Å²) >= 11 is 1.79. The zero-order valence-corrected chi connectivity index (χ0v) is 14.2. The molecule has 4 nitrogen and oxygen atoms in total. The molecule has 1 amide bonds. The molecule has 5 heteroatoms. The lowest BCUT2D eigenvalue weighted by molar-refractivity contribution is 0.0636. The minimum atomic E-state index is -0.496. The third kappa shape index (κ3) is 5.41. The fourth-order valence-electron chi connectivity index (χ4n) is 1.86. The minimum Gasteiger partial charge on any atom is -0.444 e. The van der Waals surface area contributed by atoms with Gasteiger partial charge in [0, 0.05) is 27.7 Å². The molecule has 0 fully saturated rings. The Hall–Kier alpha value is -2.01. The van der Waals surface area contributed by atoms with Crippen molar-refractivity contribution in [3.8, 4) is 0 Å². The van der Waals surface area contributed by atoms with Crippen LogP contribution >= 0.6 is 11.3 Å². The van der Waals surface area contributed by atoms with Crippen LogP contribution in [0.5, 0.6) is 0 Å². The fourth-order valence-corrected chi connectivity index (χ4v) is 2.69. The summed E-state index contributed by atoms with van der Waals surface area (Å²) < 4.78 is 5.22. The number of thiophene rings is 1. The molecule has 2 aromatic rings. The summed E-state index contributed by atoms with van der Waals surface area (Å²) in [5.74, 6) is 0. The molecule has 0 atom stereocenters. The number of hydrogen-bond acceptors (Lipinski definition) is 4. The molecule has 2 N–H and O–H groups in total. The maximum Gasteiger partial charge on any atom is 0.412 e. The van der Waals surface area contributed by atoms with Gasteiger partial charge in [0.15, 0.2) is 0 Å². The maximum absolute atomic E-state index is 11.7. The Bertz CT molecular complexity index is 627. The average Bonchev–Trinajstić information content (AvgIpc) is 2.81. The van der Waals surface area contributed by atoms with Crippen molar-refractivity contribution >= 4 is 28.8 Å². The number of anilines is 2. The Labute approximate surface area is 135 Å². The van der Waals surface area contributed by atoms with Gasteiger partial charge in [-0.3, -0.25) is 5.32 Å². The van der Waals surface area contributed by atoms with Gasteiger partial charge in [0.2, 0.25) is 0 Å². The molecular weight excluding hydrogens is 296 g/mol. The Morgan fingerprint density at radius 2 is 1.73 bits per heavy atom. The first-order valence-corrected chi connectivity index (χ1v) is 8.03. The van der Waals surface area contributed by atoms with E-state index >= 15 is 0 Å². The van der Waals surface area contributed by atoms with Gasteiger partial charge in [-0.2, -0.15) is 0 Å². The lowest BCUT2D eigenvalue weighted by Gasteiger charge is -2.19. The highest BCUT2D eigenvalue weighted by atomic mass is 32.1. The molecule has 0 saturated heterocycles. The van der Waals surface area contributed by atoms with E-state index < -0.39 is 11.7 Å². The normalized spacial score (nSPS) is 11.1. The van der Waals surface area contributed by atoms with Crippen molar-refractivity contribution in [2.45, 2.75) is 39.8 Å². The van der Waals surface area contributed by atoms with Crippen LogP contribution < -0.4 is 10.6 Å². The topological polar surface area (TPSA) is 50.4 Å². The quantitative estimate of drug-likeness (QED) is 0.832. The van der Waals surface area contributed by atoms with Gasteiger partial charge in [0.1, 0.15) is 5.60 Å². The van der Waals surface area contributed by atoms with Gasteiger partial charge >= 0.3 is 6.09 Å². The molecule has 0 aliphatic rings. The number of benzene rings is 1. The molecule has 0 saturated carbocycles. The van der Waals surface area contributed by atoms with Gasteiger partial charge < -0.3 is 10.1 Å². The van der Waals surface area contributed by atoms with E-state index in [0.717, 1.165) is 12.2 Å². The van der Waals surface area contributed by atoms with E-state index in [1.807, 2.05) is 45.0 Å². The van der Waals surface area contributed by atoms with Crippen molar-refractivity contribution in [1.82, 2.24) is 0 Å². The number of ether oxygens (including phenoxy) is 1. The van der Waals surface area contributed by atoms with Gasteiger partial charge in [0.05, 0.1) is 0 Å². The zero-order valence-electron chi connectivity index (χ0n) is 13.4. The molecule has 1 heterocycles. The summed E-state index contributed by atoms with van der Waals surface area (Å²) in [6.45, 7) is 8.42. The first kappa shape index (κ1) is 16.4. The summed E-state index contributed by atoms with van der Waals surface area (Å²) in [5.41, 5.74) is 1.23. The van der Waals surface area contributed by atoms with Crippen molar-refractivity contribution in [3.05, 3.63) is 46.2 Å². The largest absolute Gasteiger partial charge is 0.444 e. The van der Waals surface area contributed by atoms with Crippen molar-refractivity contribution in [2.24, 2.45) is 0 Å². The number of aryl methyl sites for hydroxylation is 1. The molecule has 0 unspecified atom stereocenters. The van der Waals surface area contributed by atoms with E-state index in [1.165, 1.54) is 9.75 Å². The van der Waals surface area contributed by atoms with Gasteiger partial charge in [0.25, 0.3) is 0 Å². The van der Waals surface area contributed by atoms with E-state index in [4.69, 9.17) is 4.74 Å². The highest BCUT2D eigenvalue weighted by Gasteiger charge is 2.15. The van der Waals surface area contributed by atoms with Crippen LogP contribution in [0.1, 0.15) is 30.5 Å². The second-order valence-electron chi connectivity index (χ2n) is 6.07. The molecule has 1 aromatic heterocycles. The predicted octanol–water partition coefficient (Wildman–Crippen LogP) is 5.02. The monoisotopic (exact) mass is 318 g/mol. The SMILES string of the molecule is Cc1ccc(CNc2ccc(NC(=O)OC(C)(C)C)cc2)s1. The second kappa shape index (κ2) is 6.83. The first-order chi connectivity index (χ1) is 10.3. The summed E-state index contributed by atoms with van der Waals surface area (Å²) in [6.07, 6.45) is -0.442. The highest BCUT2D eigenvalue weighted by molar-refractivity contribution is 7.11. The lowest BCUT2D eigenvalue weighted by atomic mass is 10.2. The van der Waals surface area contributed by atoms with Crippen LogP contribution in [-0.4, -0.2) is 11.7 Å². The van der Waals surface area contributed by atoms with Gasteiger partial charge in [-0.05, 0) is 64.1 Å². The van der Waals surface area contributed by atoms with Crippen LogP contribution in [0, 0.1) is 6.92 Å². The number of carbonyl (C=O) groups is 1. The zero-order chi connectivity index (χ0) is 16.2. The predicted molar refractivity (Wildman–Crippen MR) is 92.7 cm³/mol. The molecular formula is C17H22N2O2S. The second-order valence-corrected chi connectivity index (χ2v) is 7.44. The first-order valence-electron chi connectivity index (χ1n) is 7.21. The molecule has 2 rings (SSSR count). The molecule has 0 aliphatic heterocycles. The lowest BCUT2D eigenvalue weighted by Crippen LogP contribution is -2.27. The van der Waals surface area contributed by atoms with E-state index in [0.29, 0.717) is 5.69 Å². The third-order valence-corrected chi connectivity index (χ3v) is 3.79. The number of carbonyl (C=O) groups excluding carboxylic acids is 1. The van der Waals surface area contributed by atoms with Gasteiger partial charge in [-0.1, -0.05) is 0 Å². The third-order valence-electron chi connectivity index (χ3n) is 2.79. The van der Waals surface area contributed by atoms with Crippen LogP contribution in [0.2, 0.25) is 0 Å². The van der Waals surface area contributed by atoms with Crippen LogP contribution in [0.3, 0.4) is 0 Å². The standard InChI is InChI=1S/C17H22N2O2S/c1-12-5-10-15(22-12)11-18-13-6-8-14(9-7-13)19-16(20)21-17(2,3)4/h5-10,18H,11H2,1-4H3,(H,19,20). The molecule has 0 radical (unpaired) electrons. The van der Waals surface area contributed by atoms with Crippen molar-refractivity contribution < 1.29 is 9.53 Å². The van der Waals surface area contributed by atoms with Crippen LogP contribution in [0.4, 0.5) is 16.2 Å². The number of hydrogen-bond donors (Lipinski definition) is 2. The van der Waals surface area contributed by atoms with Gasteiger partial charge in [-0.25, -0.2) is 4.79 Å². The maximum atomic E-state index is 11.7. The number of rotatable bonds is 4. The van der Waals surface area contributed by atoms with Crippen molar-refractivity contribution in [3.63, 3.8) is 0 Å². The Morgan fingerprint density at radius 1 is 1.09 bits per heavy atom. The molecule has 118 valence electrons. The van der Waals surface area contributed by atoms with Crippen LogP contribution in [0.25, 0.3) is 0 Å². The van der Waals surface area contributed by atoms with Gasteiger partial charge in [-0.15, -0.1) is 11.3 Å². The smallest absolute Gasteiger partial charge is 0.412 e. The minimum absolute atomic E-state index is 0.442. The Morgan fingerprint density at radius 3 is 2.27 bits per heavy atom. The van der Waals surface area contributed by atoms with Crippen molar-refractivity contribution in [1.29, 1.82) is 0 Å². The summed E-state index contributed by atoms with van der Waals surface area (Å²) in [5, 5.41) is 6.08. The molecule has 1 aromatic carbocycles. The average molecular weight is 318 g/mol. The highest BCUT2D eigenvalue weighted by Crippen LogP contribution is 2.19. The summed E-state index contributed by atoms with van der Waals surface area (Å²) in [6, 6.07) is 11.8. The summed E-state index contributed by atoms with van der Waals surface area (Å²) in [7, 11) is 0. The molecule has 0 bridgehead atoms. The fraction of sp³-hybridized carbons (Fsp3) is 0.353. The Kier molecular flexibility index (Phi) is 5.08. The molecule has 0 spiro atoms. The molecule has 0 aliphatic carbocycles. The number of amides is 1. The number of nitrogens with one attached hydrogen (secondary N) is 2. The van der Waals surface area contributed by atoms with E-state index in [9.17, 15) is 4.79 Å². The van der Waals surface area contributed by atoms with E-state index in [1.54, 1.807) is 11.3 Å². The van der Waals surface area contributed by atoms with E-state index in [-0.39, 0.29) is 0 Å². The summed E-state index contributed by atoms with van der Waals surface area (Å²) in [4.78, 5) is 14.3. The van der Waals surface area contributed by atoms with E-state index in [2.05, 4.69) is 29.7 Å². The van der Waals surface area contributed by atoms with Crippen molar-refractivity contribution in [2.75, 3.05) is 10.6 Å².